The maximum Gasteiger partial charge on any atom is 0.250 e. The van der Waals surface area contributed by atoms with Crippen LogP contribution in [0.15, 0.2) is 45.5 Å². The average molecular weight is 381 g/mol. The van der Waals surface area contributed by atoms with Crippen molar-refractivity contribution in [1.29, 1.82) is 0 Å². The van der Waals surface area contributed by atoms with Crippen LogP contribution in [0.1, 0.15) is 18.5 Å². The summed E-state index contributed by atoms with van der Waals surface area (Å²) >= 11 is 6.69. The number of hydrogen-bond donors (Lipinski definition) is 2. The largest absolute Gasteiger partial charge is 0.250 e. The van der Waals surface area contributed by atoms with E-state index < -0.39 is 26.1 Å². The van der Waals surface area contributed by atoms with Gasteiger partial charge in [0.25, 0.3) is 10.0 Å². The third kappa shape index (κ3) is 4.06. The van der Waals surface area contributed by atoms with Gasteiger partial charge in [0.15, 0.2) is 0 Å². The lowest BCUT2D eigenvalue weighted by Crippen LogP contribution is -2.26. The molecule has 1 heterocycles. The Morgan fingerprint density at radius 2 is 1.68 bits per heavy atom. The van der Waals surface area contributed by atoms with Gasteiger partial charge in [0, 0.05) is 6.04 Å². The number of halogens is 1. The minimum Gasteiger partial charge on any atom is -0.225 e. The summed E-state index contributed by atoms with van der Waals surface area (Å²) in [5.74, 6) is 0. The summed E-state index contributed by atoms with van der Waals surface area (Å²) in [5, 5.41) is 5.01. The van der Waals surface area contributed by atoms with E-state index in [0.29, 0.717) is 9.90 Å². The highest BCUT2D eigenvalue weighted by Crippen LogP contribution is 2.27. The quantitative estimate of drug-likeness (QED) is 0.828. The highest BCUT2D eigenvalue weighted by Gasteiger charge is 2.20. The van der Waals surface area contributed by atoms with E-state index in [1.54, 1.807) is 6.92 Å². The van der Waals surface area contributed by atoms with E-state index in [4.69, 9.17) is 16.7 Å². The summed E-state index contributed by atoms with van der Waals surface area (Å²) in [4.78, 5) is -0.0312. The van der Waals surface area contributed by atoms with Crippen molar-refractivity contribution in [2.45, 2.75) is 22.1 Å². The molecular formula is C12H13ClN2O4S3. The Hall–Kier alpha value is -0.970. The maximum atomic E-state index is 12.2. The Labute approximate surface area is 138 Å². The van der Waals surface area contributed by atoms with E-state index in [0.717, 1.165) is 11.3 Å². The van der Waals surface area contributed by atoms with E-state index in [2.05, 4.69) is 4.72 Å². The molecule has 2 aromatic rings. The number of primary sulfonamides is 1. The third-order valence-electron chi connectivity index (χ3n) is 2.85. The van der Waals surface area contributed by atoms with Crippen molar-refractivity contribution >= 4 is 43.0 Å². The molecule has 120 valence electrons. The SMILES string of the molecule is CC(NS(=O)(=O)c1ccc(Cl)s1)c1ccc(S(N)(=O)=O)cc1. The molecule has 1 atom stereocenters. The van der Waals surface area contributed by atoms with Gasteiger partial charge in [0.1, 0.15) is 4.21 Å². The maximum absolute atomic E-state index is 12.2. The fraction of sp³-hybridized carbons (Fsp3) is 0.167. The van der Waals surface area contributed by atoms with Crippen molar-refractivity contribution in [3.05, 3.63) is 46.3 Å². The zero-order valence-electron chi connectivity index (χ0n) is 11.4. The van der Waals surface area contributed by atoms with Gasteiger partial charge in [-0.05, 0) is 36.8 Å². The van der Waals surface area contributed by atoms with Gasteiger partial charge < -0.3 is 0 Å². The van der Waals surface area contributed by atoms with Crippen molar-refractivity contribution < 1.29 is 16.8 Å². The highest BCUT2D eigenvalue weighted by atomic mass is 35.5. The first-order valence-electron chi connectivity index (χ1n) is 6.00. The first-order valence-corrected chi connectivity index (χ1v) is 10.2. The van der Waals surface area contributed by atoms with E-state index in [9.17, 15) is 16.8 Å². The van der Waals surface area contributed by atoms with Gasteiger partial charge in [-0.2, -0.15) is 0 Å². The van der Waals surface area contributed by atoms with Crippen molar-refractivity contribution in [1.82, 2.24) is 4.72 Å². The standard InChI is InChI=1S/C12H13ClN2O4S3/c1-8(9-2-4-10(5-3-9)21(14,16)17)15-22(18,19)12-7-6-11(13)20-12/h2-8,15H,1H3,(H2,14,16,17). The van der Waals surface area contributed by atoms with E-state index in [1.165, 1.54) is 36.4 Å². The number of nitrogens with one attached hydrogen (secondary N) is 1. The summed E-state index contributed by atoms with van der Waals surface area (Å²) < 4.78 is 49.7. The van der Waals surface area contributed by atoms with Crippen LogP contribution in [0.3, 0.4) is 0 Å². The average Bonchev–Trinajstić information content (AvgIpc) is 2.85. The van der Waals surface area contributed by atoms with Crippen molar-refractivity contribution in [2.24, 2.45) is 5.14 Å². The van der Waals surface area contributed by atoms with Gasteiger partial charge in [-0.15, -0.1) is 11.3 Å². The van der Waals surface area contributed by atoms with Crippen molar-refractivity contribution in [3.63, 3.8) is 0 Å². The molecule has 0 amide bonds. The Kier molecular flexibility index (Phi) is 4.95. The van der Waals surface area contributed by atoms with Crippen LogP contribution in [0.2, 0.25) is 4.34 Å². The van der Waals surface area contributed by atoms with Gasteiger partial charge in [-0.1, -0.05) is 23.7 Å². The number of rotatable bonds is 5. The Balaban J connectivity index is 2.20. The lowest BCUT2D eigenvalue weighted by Gasteiger charge is -2.14. The molecule has 0 aliphatic rings. The number of hydrogen-bond acceptors (Lipinski definition) is 5. The van der Waals surface area contributed by atoms with Crippen molar-refractivity contribution in [2.75, 3.05) is 0 Å². The molecule has 2 rings (SSSR count). The molecular weight excluding hydrogens is 368 g/mol. The third-order valence-corrected chi connectivity index (χ3v) is 7.05. The fourth-order valence-corrected chi connectivity index (χ4v) is 4.99. The molecule has 1 aromatic heterocycles. The molecule has 1 unspecified atom stereocenters. The van der Waals surface area contributed by atoms with Gasteiger partial charge in [0.05, 0.1) is 9.23 Å². The minimum absolute atomic E-state index is 0.0312. The molecule has 1 aromatic carbocycles. The van der Waals surface area contributed by atoms with Crippen LogP contribution in [0, 0.1) is 0 Å². The molecule has 3 N–H and O–H groups in total. The second kappa shape index (κ2) is 6.26. The zero-order chi connectivity index (χ0) is 16.5. The first-order chi connectivity index (χ1) is 10.1. The summed E-state index contributed by atoms with van der Waals surface area (Å²) in [5.41, 5.74) is 0.610. The molecule has 6 nitrogen and oxygen atoms in total. The number of benzene rings is 1. The topological polar surface area (TPSA) is 106 Å². The van der Waals surface area contributed by atoms with Crippen LogP contribution < -0.4 is 9.86 Å². The zero-order valence-corrected chi connectivity index (χ0v) is 14.6. The second-order valence-electron chi connectivity index (χ2n) is 4.52. The van der Waals surface area contributed by atoms with Gasteiger partial charge in [-0.3, -0.25) is 0 Å². The van der Waals surface area contributed by atoms with Crippen molar-refractivity contribution in [3.8, 4) is 0 Å². The first kappa shape index (κ1) is 17.4. The smallest absolute Gasteiger partial charge is 0.225 e. The van der Waals surface area contributed by atoms with Crippen LogP contribution in [0.4, 0.5) is 0 Å². The second-order valence-corrected chi connectivity index (χ2v) is 9.73. The predicted molar refractivity (Wildman–Crippen MR) is 85.9 cm³/mol. The number of sulfonamides is 2. The molecule has 0 aliphatic heterocycles. The molecule has 10 heteroatoms. The van der Waals surface area contributed by atoms with Crippen LogP contribution in [0.25, 0.3) is 0 Å². The summed E-state index contributed by atoms with van der Waals surface area (Å²) in [6.45, 7) is 1.65. The normalized spacial score (nSPS) is 14.0. The van der Waals surface area contributed by atoms with E-state index in [1.807, 2.05) is 0 Å². The molecule has 0 fully saturated rings. The molecule has 0 bridgehead atoms. The minimum atomic E-state index is -3.77. The molecule has 0 saturated heterocycles. The summed E-state index contributed by atoms with van der Waals surface area (Å²) in [6.07, 6.45) is 0. The molecule has 0 spiro atoms. The number of nitrogens with two attached hydrogens (primary N) is 1. The molecule has 0 saturated carbocycles. The Morgan fingerprint density at radius 3 is 2.14 bits per heavy atom. The predicted octanol–water partition coefficient (Wildman–Crippen LogP) is 2.09. The molecule has 0 radical (unpaired) electrons. The van der Waals surface area contributed by atoms with Gasteiger partial charge >= 0.3 is 0 Å². The Morgan fingerprint density at radius 1 is 1.09 bits per heavy atom. The van der Waals surface area contributed by atoms with E-state index >= 15 is 0 Å². The highest BCUT2D eigenvalue weighted by molar-refractivity contribution is 7.91. The number of thiophene rings is 1. The van der Waals surface area contributed by atoms with E-state index in [-0.39, 0.29) is 9.10 Å². The van der Waals surface area contributed by atoms with Crippen LogP contribution in [-0.2, 0) is 20.0 Å². The summed E-state index contributed by atoms with van der Waals surface area (Å²) in [7, 11) is -7.46. The monoisotopic (exact) mass is 380 g/mol. The Bertz CT molecular complexity index is 873. The van der Waals surface area contributed by atoms with Crippen LogP contribution in [0.5, 0.6) is 0 Å². The van der Waals surface area contributed by atoms with Crippen LogP contribution in [-0.4, -0.2) is 16.8 Å². The van der Waals surface area contributed by atoms with Crippen LogP contribution >= 0.6 is 22.9 Å². The lowest BCUT2D eigenvalue weighted by atomic mass is 10.1. The molecule has 22 heavy (non-hydrogen) atoms. The van der Waals surface area contributed by atoms with Gasteiger partial charge in [-0.25, -0.2) is 26.7 Å². The molecule has 0 aliphatic carbocycles. The lowest BCUT2D eigenvalue weighted by molar-refractivity contribution is 0.568. The fourth-order valence-electron chi connectivity index (χ4n) is 1.75. The van der Waals surface area contributed by atoms with Gasteiger partial charge in [0.2, 0.25) is 10.0 Å². The summed E-state index contributed by atoms with van der Waals surface area (Å²) in [6, 6.07) is 8.07.